The predicted octanol–water partition coefficient (Wildman–Crippen LogP) is 3.59. The van der Waals surface area contributed by atoms with E-state index in [1.165, 1.54) is 10.7 Å². The lowest BCUT2D eigenvalue weighted by Gasteiger charge is -2.03. The minimum Gasteiger partial charge on any atom is -0.465 e. The van der Waals surface area contributed by atoms with Crippen LogP contribution >= 0.6 is 22.6 Å². The van der Waals surface area contributed by atoms with Crippen molar-refractivity contribution < 1.29 is 13.9 Å². The molecule has 1 aromatic carbocycles. The summed E-state index contributed by atoms with van der Waals surface area (Å²) in [6, 6.07) is 9.75. The molecule has 100 valence electrons. The van der Waals surface area contributed by atoms with Crippen LogP contribution in [-0.4, -0.2) is 13.1 Å². The third-order valence-corrected chi connectivity index (χ3v) is 3.40. The zero-order valence-electron chi connectivity index (χ0n) is 10.7. The van der Waals surface area contributed by atoms with E-state index in [0.29, 0.717) is 23.6 Å². The molecule has 0 saturated heterocycles. The number of rotatable bonds is 4. The third-order valence-electron chi connectivity index (χ3n) is 2.69. The summed E-state index contributed by atoms with van der Waals surface area (Å²) in [7, 11) is 1.36. The number of ether oxygens (including phenoxy) is 1. The number of hydrogen-bond donors (Lipinski definition) is 1. The van der Waals surface area contributed by atoms with E-state index < -0.39 is 0 Å². The molecule has 1 N–H and O–H groups in total. The number of anilines is 1. The van der Waals surface area contributed by atoms with E-state index in [2.05, 4.69) is 32.6 Å². The van der Waals surface area contributed by atoms with Crippen LogP contribution in [0.2, 0.25) is 0 Å². The van der Waals surface area contributed by atoms with Crippen molar-refractivity contribution in [3.05, 3.63) is 51.0 Å². The average molecular weight is 371 g/mol. The molecule has 2 aromatic rings. The van der Waals surface area contributed by atoms with E-state index in [-0.39, 0.29) is 5.97 Å². The van der Waals surface area contributed by atoms with Gasteiger partial charge < -0.3 is 14.5 Å². The summed E-state index contributed by atoms with van der Waals surface area (Å²) in [6.07, 6.45) is 0. The van der Waals surface area contributed by atoms with Gasteiger partial charge in [-0.3, -0.25) is 0 Å². The lowest BCUT2D eigenvalue weighted by molar-refractivity contribution is 0.0599. The number of furan rings is 1. The standard InChI is InChI=1S/C14H14INO3/c1-9-13(14(17)18-2)7-12(19-9)8-16-11-5-3-10(15)4-6-11/h3-7,16H,8H2,1-2H3. The van der Waals surface area contributed by atoms with Crippen molar-refractivity contribution in [2.75, 3.05) is 12.4 Å². The Balaban J connectivity index is 2.04. The molecule has 19 heavy (non-hydrogen) atoms. The van der Waals surface area contributed by atoms with Crippen molar-refractivity contribution in [3.63, 3.8) is 0 Å². The Hall–Kier alpha value is -1.50. The van der Waals surface area contributed by atoms with Crippen molar-refractivity contribution in [1.29, 1.82) is 0 Å². The van der Waals surface area contributed by atoms with E-state index in [9.17, 15) is 4.79 Å². The van der Waals surface area contributed by atoms with Gasteiger partial charge in [0.2, 0.25) is 0 Å². The second kappa shape index (κ2) is 6.10. The minimum atomic E-state index is -0.373. The van der Waals surface area contributed by atoms with Crippen LogP contribution in [0, 0.1) is 10.5 Å². The lowest BCUT2D eigenvalue weighted by Crippen LogP contribution is -2.01. The molecule has 0 atom stereocenters. The summed E-state index contributed by atoms with van der Waals surface area (Å²) in [4.78, 5) is 11.5. The van der Waals surface area contributed by atoms with E-state index >= 15 is 0 Å². The molecule has 0 aliphatic carbocycles. The van der Waals surface area contributed by atoms with Crippen LogP contribution in [0.5, 0.6) is 0 Å². The smallest absolute Gasteiger partial charge is 0.341 e. The highest BCUT2D eigenvalue weighted by atomic mass is 127. The van der Waals surface area contributed by atoms with Crippen LogP contribution in [0.4, 0.5) is 5.69 Å². The lowest BCUT2D eigenvalue weighted by atomic mass is 10.2. The first-order chi connectivity index (χ1) is 9.10. The molecule has 0 saturated carbocycles. The molecule has 2 rings (SSSR count). The summed E-state index contributed by atoms with van der Waals surface area (Å²) in [5, 5.41) is 3.24. The molecule has 0 radical (unpaired) electrons. The van der Waals surface area contributed by atoms with Crippen LogP contribution in [0.15, 0.2) is 34.7 Å². The van der Waals surface area contributed by atoms with Gasteiger partial charge in [0.1, 0.15) is 17.1 Å². The van der Waals surface area contributed by atoms with Crippen molar-refractivity contribution in [2.45, 2.75) is 13.5 Å². The fraction of sp³-hybridized carbons (Fsp3) is 0.214. The number of nitrogens with one attached hydrogen (secondary N) is 1. The van der Waals surface area contributed by atoms with Gasteiger partial charge in [-0.1, -0.05) is 0 Å². The van der Waals surface area contributed by atoms with Gasteiger partial charge in [0.05, 0.1) is 13.7 Å². The van der Waals surface area contributed by atoms with Crippen molar-refractivity contribution >= 4 is 34.2 Å². The molecular weight excluding hydrogens is 357 g/mol. The molecule has 0 fully saturated rings. The molecule has 1 aromatic heterocycles. The topological polar surface area (TPSA) is 51.5 Å². The van der Waals surface area contributed by atoms with Crippen molar-refractivity contribution in [1.82, 2.24) is 0 Å². The van der Waals surface area contributed by atoms with E-state index in [0.717, 1.165) is 5.69 Å². The summed E-state index contributed by atoms with van der Waals surface area (Å²) >= 11 is 2.26. The fourth-order valence-corrected chi connectivity index (χ4v) is 2.06. The summed E-state index contributed by atoms with van der Waals surface area (Å²) < 4.78 is 11.4. The molecule has 5 heteroatoms. The van der Waals surface area contributed by atoms with Gasteiger partial charge in [0.25, 0.3) is 0 Å². The van der Waals surface area contributed by atoms with Gasteiger partial charge in [0.15, 0.2) is 0 Å². The SMILES string of the molecule is COC(=O)c1cc(CNc2ccc(I)cc2)oc1C. The summed E-state index contributed by atoms with van der Waals surface area (Å²) in [6.45, 7) is 2.28. The highest BCUT2D eigenvalue weighted by Gasteiger charge is 2.14. The van der Waals surface area contributed by atoms with Gasteiger partial charge in [0, 0.05) is 9.26 Å². The second-order valence-electron chi connectivity index (χ2n) is 4.03. The van der Waals surface area contributed by atoms with Gasteiger partial charge in [-0.2, -0.15) is 0 Å². The number of hydrogen-bond acceptors (Lipinski definition) is 4. The largest absolute Gasteiger partial charge is 0.465 e. The fourth-order valence-electron chi connectivity index (χ4n) is 1.70. The molecule has 0 aliphatic rings. The quantitative estimate of drug-likeness (QED) is 0.659. The Morgan fingerprint density at radius 1 is 1.37 bits per heavy atom. The maximum Gasteiger partial charge on any atom is 0.341 e. The minimum absolute atomic E-state index is 0.373. The highest BCUT2D eigenvalue weighted by Crippen LogP contribution is 2.17. The Morgan fingerprint density at radius 3 is 2.68 bits per heavy atom. The van der Waals surface area contributed by atoms with Gasteiger partial charge in [-0.05, 0) is 59.8 Å². The first-order valence-corrected chi connectivity index (χ1v) is 6.85. The van der Waals surface area contributed by atoms with Crippen LogP contribution < -0.4 is 5.32 Å². The normalized spacial score (nSPS) is 10.3. The first kappa shape index (κ1) is 13.9. The molecule has 0 unspecified atom stereocenters. The maximum absolute atomic E-state index is 11.5. The number of carbonyl (C=O) groups is 1. The number of methoxy groups -OCH3 is 1. The zero-order valence-corrected chi connectivity index (χ0v) is 12.9. The maximum atomic E-state index is 11.5. The second-order valence-corrected chi connectivity index (χ2v) is 5.28. The number of esters is 1. The predicted molar refractivity (Wildman–Crippen MR) is 81.3 cm³/mol. The van der Waals surface area contributed by atoms with Gasteiger partial charge >= 0.3 is 5.97 Å². The van der Waals surface area contributed by atoms with Gasteiger partial charge in [-0.25, -0.2) is 4.79 Å². The zero-order chi connectivity index (χ0) is 13.8. The Bertz CT molecular complexity index is 575. The van der Waals surface area contributed by atoms with Crippen molar-refractivity contribution in [3.8, 4) is 0 Å². The van der Waals surface area contributed by atoms with E-state index in [4.69, 9.17) is 4.42 Å². The first-order valence-electron chi connectivity index (χ1n) is 5.77. The molecule has 0 bridgehead atoms. The van der Waals surface area contributed by atoms with E-state index in [1.54, 1.807) is 13.0 Å². The molecular formula is C14H14INO3. The Labute approximate surface area is 125 Å². The van der Waals surface area contributed by atoms with Gasteiger partial charge in [-0.15, -0.1) is 0 Å². The van der Waals surface area contributed by atoms with Crippen LogP contribution in [0.1, 0.15) is 21.9 Å². The monoisotopic (exact) mass is 371 g/mol. The third kappa shape index (κ3) is 3.50. The molecule has 4 nitrogen and oxygen atoms in total. The summed E-state index contributed by atoms with van der Waals surface area (Å²) in [5.74, 6) is 0.907. The van der Waals surface area contributed by atoms with Crippen molar-refractivity contribution in [2.24, 2.45) is 0 Å². The Kier molecular flexibility index (Phi) is 4.47. The van der Waals surface area contributed by atoms with E-state index in [1.807, 2.05) is 24.3 Å². The van der Waals surface area contributed by atoms with Crippen LogP contribution in [0.25, 0.3) is 0 Å². The molecule has 0 spiro atoms. The average Bonchev–Trinajstić information content (AvgIpc) is 2.78. The number of carbonyl (C=O) groups excluding carboxylic acids is 1. The number of halogens is 1. The Morgan fingerprint density at radius 2 is 2.05 bits per heavy atom. The number of aryl methyl sites for hydroxylation is 1. The van der Waals surface area contributed by atoms with Crippen LogP contribution in [0.3, 0.4) is 0 Å². The van der Waals surface area contributed by atoms with Crippen LogP contribution in [-0.2, 0) is 11.3 Å². The molecule has 0 amide bonds. The molecule has 1 heterocycles. The summed E-state index contributed by atoms with van der Waals surface area (Å²) in [5.41, 5.74) is 1.48. The highest BCUT2D eigenvalue weighted by molar-refractivity contribution is 14.1. The molecule has 0 aliphatic heterocycles. The number of benzene rings is 1.